The number of halogens is 2. The van der Waals surface area contributed by atoms with E-state index in [1.165, 1.54) is 22.3 Å². The van der Waals surface area contributed by atoms with Crippen LogP contribution >= 0.6 is 0 Å². The van der Waals surface area contributed by atoms with Crippen LogP contribution in [0.3, 0.4) is 0 Å². The molecule has 0 amide bonds. The van der Waals surface area contributed by atoms with Gasteiger partial charge in [0.1, 0.15) is 0 Å². The fourth-order valence-corrected chi connectivity index (χ4v) is 42.1. The van der Waals surface area contributed by atoms with Crippen LogP contribution in [-0.2, 0) is 20.0 Å². The van der Waals surface area contributed by atoms with Gasteiger partial charge in [-0.3, -0.25) is 0 Å². The summed E-state index contributed by atoms with van der Waals surface area (Å²) in [7, 11) is 0. The molecule has 3 aliphatic rings. The molecule has 35 heavy (non-hydrogen) atoms. The fourth-order valence-electron chi connectivity index (χ4n) is 7.80. The van der Waals surface area contributed by atoms with E-state index in [9.17, 15) is 0 Å². The van der Waals surface area contributed by atoms with Crippen LogP contribution in [0.15, 0.2) is 90.6 Å². The van der Waals surface area contributed by atoms with E-state index >= 15 is 0 Å². The molecule has 2 aromatic rings. The minimum atomic E-state index is -3.22. The molecule has 1 fully saturated rings. The Labute approximate surface area is 229 Å². The summed E-state index contributed by atoms with van der Waals surface area (Å²) in [6.45, 7) is 20.2. The topological polar surface area (TPSA) is 0 Å². The van der Waals surface area contributed by atoms with Crippen LogP contribution in [0.25, 0.3) is 11.1 Å². The number of rotatable bonds is 4. The first kappa shape index (κ1) is 28.4. The van der Waals surface area contributed by atoms with Crippen molar-refractivity contribution in [1.29, 1.82) is 0 Å². The van der Waals surface area contributed by atoms with E-state index < -0.39 is 20.0 Å². The zero-order valence-corrected chi connectivity index (χ0v) is 27.4. The van der Waals surface area contributed by atoms with Crippen molar-refractivity contribution in [3.05, 3.63) is 102 Å². The van der Waals surface area contributed by atoms with Crippen molar-refractivity contribution in [1.82, 2.24) is 0 Å². The Morgan fingerprint density at radius 1 is 0.571 bits per heavy atom. The van der Waals surface area contributed by atoms with Crippen LogP contribution in [0.5, 0.6) is 0 Å². The molecular formula is C32H38Cl2Hf. The molecule has 2 aromatic carbocycles. The number of hydrogen-bond acceptors (Lipinski definition) is 0. The van der Waals surface area contributed by atoms with Gasteiger partial charge in [-0.2, -0.15) is 0 Å². The minimum absolute atomic E-state index is 0. The number of hydrogen-bond donors (Lipinski definition) is 0. The van der Waals surface area contributed by atoms with Gasteiger partial charge in [-0.25, -0.2) is 0 Å². The molecule has 0 spiro atoms. The molecule has 5 rings (SSSR count). The summed E-state index contributed by atoms with van der Waals surface area (Å²) in [5.41, 5.74) is 8.91. The Hall–Kier alpha value is -1.15. The monoisotopic (exact) mass is 672 g/mol. The predicted molar refractivity (Wildman–Crippen MR) is 141 cm³/mol. The van der Waals surface area contributed by atoms with Crippen LogP contribution in [-0.4, -0.2) is 0 Å². The molecule has 0 radical (unpaired) electrons. The van der Waals surface area contributed by atoms with Crippen LogP contribution in [0, 0.1) is 11.8 Å². The summed E-state index contributed by atoms with van der Waals surface area (Å²) in [5.74, 6) is 1.08. The van der Waals surface area contributed by atoms with Crippen molar-refractivity contribution in [3.8, 4) is 0 Å². The maximum atomic E-state index is 2.61. The van der Waals surface area contributed by atoms with Gasteiger partial charge in [-0.1, -0.05) is 0 Å². The molecule has 1 aliphatic heterocycles. The van der Waals surface area contributed by atoms with E-state index in [1.54, 1.807) is 11.1 Å². The average Bonchev–Trinajstić information content (AvgIpc) is 3.07. The third-order valence-electron chi connectivity index (χ3n) is 9.71. The normalized spacial score (nSPS) is 24.6. The summed E-state index contributed by atoms with van der Waals surface area (Å²) in [6, 6.07) is 22.1. The molecule has 1 heterocycles. The van der Waals surface area contributed by atoms with Crippen LogP contribution in [0.4, 0.5) is 0 Å². The SMILES string of the molecule is CC1=[C]([Hf+2]2([C]3=C(C)C(c4ccccc4)=CC3C)[C](C)(C)[C]2(C)C)C(C)C=C1c1ccccc1.[Cl-].[Cl-]. The summed E-state index contributed by atoms with van der Waals surface area (Å²) >= 11 is -3.22. The standard InChI is InChI=1S/2C13H13.C6H12.2ClH.Hf/c2*1-10-8-11(2)13(9-10)12-6-4-3-5-7-12;1-5(2)6(3)4;;;/h2*3-7,9-10H,1-2H3;1-4H3;2*1H;/q;;;;;+2/p-2. The Bertz CT molecular complexity index is 1140. The predicted octanol–water partition coefficient (Wildman–Crippen LogP) is 3.57. The second-order valence-electron chi connectivity index (χ2n) is 11.5. The molecule has 0 saturated carbocycles. The molecule has 2 unspecified atom stereocenters. The molecule has 1 saturated heterocycles. The van der Waals surface area contributed by atoms with E-state index in [4.69, 9.17) is 0 Å². The second kappa shape index (κ2) is 9.62. The van der Waals surface area contributed by atoms with E-state index in [1.807, 2.05) is 6.66 Å². The maximum Gasteiger partial charge on any atom is -1.00 e. The molecule has 184 valence electrons. The first-order chi connectivity index (χ1) is 15.6. The Morgan fingerprint density at radius 2 is 0.886 bits per heavy atom. The summed E-state index contributed by atoms with van der Waals surface area (Å²) in [4.78, 5) is 0. The molecule has 0 nitrogen and oxygen atoms in total. The summed E-state index contributed by atoms with van der Waals surface area (Å²) < 4.78 is 4.58. The summed E-state index contributed by atoms with van der Waals surface area (Å²) in [6.07, 6.45) is 5.15. The minimum Gasteiger partial charge on any atom is -1.00 e. The van der Waals surface area contributed by atoms with E-state index in [-0.39, 0.29) is 24.8 Å². The smallest absolute Gasteiger partial charge is 1.00 e. The largest absolute Gasteiger partial charge is 1.00 e. The maximum absolute atomic E-state index is 3.22. The van der Waals surface area contributed by atoms with E-state index in [0.29, 0.717) is 18.2 Å². The zero-order chi connectivity index (χ0) is 23.8. The van der Waals surface area contributed by atoms with Gasteiger partial charge >= 0.3 is 206 Å². The summed E-state index contributed by atoms with van der Waals surface area (Å²) in [5, 5.41) is 0. The third-order valence-corrected chi connectivity index (χ3v) is 38.6. The van der Waals surface area contributed by atoms with Gasteiger partial charge in [0.05, 0.1) is 0 Å². The molecule has 0 aromatic heterocycles. The Morgan fingerprint density at radius 3 is 1.17 bits per heavy atom. The van der Waals surface area contributed by atoms with Crippen molar-refractivity contribution in [2.45, 2.75) is 61.7 Å². The molecule has 0 N–H and O–H groups in total. The van der Waals surface area contributed by atoms with Crippen molar-refractivity contribution in [2.75, 3.05) is 0 Å². The van der Waals surface area contributed by atoms with Gasteiger partial charge in [-0.05, 0) is 0 Å². The van der Waals surface area contributed by atoms with Crippen molar-refractivity contribution in [3.63, 3.8) is 0 Å². The zero-order valence-electron chi connectivity index (χ0n) is 22.3. The molecular weight excluding hydrogens is 634 g/mol. The van der Waals surface area contributed by atoms with Crippen molar-refractivity contribution >= 4 is 11.1 Å². The van der Waals surface area contributed by atoms with Gasteiger partial charge in [0.15, 0.2) is 0 Å². The molecule has 3 heteroatoms. The van der Waals surface area contributed by atoms with Gasteiger partial charge in [0, 0.05) is 0 Å². The van der Waals surface area contributed by atoms with Crippen molar-refractivity contribution in [2.24, 2.45) is 11.8 Å². The molecule has 2 atom stereocenters. The van der Waals surface area contributed by atoms with Gasteiger partial charge in [0.2, 0.25) is 0 Å². The van der Waals surface area contributed by atoms with E-state index in [2.05, 4.69) is 128 Å². The van der Waals surface area contributed by atoms with Gasteiger partial charge in [0.25, 0.3) is 0 Å². The number of benzene rings is 2. The quantitative estimate of drug-likeness (QED) is 0.437. The second-order valence-corrected chi connectivity index (χ2v) is 29.8. The molecule has 0 bridgehead atoms. The Kier molecular flexibility index (Phi) is 7.81. The van der Waals surface area contributed by atoms with Crippen LogP contribution < -0.4 is 24.8 Å². The van der Waals surface area contributed by atoms with Crippen LogP contribution in [0.1, 0.15) is 66.5 Å². The van der Waals surface area contributed by atoms with Crippen molar-refractivity contribution < 1.29 is 44.8 Å². The van der Waals surface area contributed by atoms with Crippen LogP contribution in [0.2, 0.25) is 6.34 Å². The number of allylic oxidation sites excluding steroid dienone is 8. The Balaban J connectivity index is 0.00000171. The molecule has 2 aliphatic carbocycles. The van der Waals surface area contributed by atoms with Gasteiger partial charge in [-0.15, -0.1) is 0 Å². The first-order valence-electron chi connectivity index (χ1n) is 12.5. The van der Waals surface area contributed by atoms with Gasteiger partial charge < -0.3 is 24.8 Å². The third kappa shape index (κ3) is 3.71. The average molecular weight is 672 g/mol. The van der Waals surface area contributed by atoms with E-state index in [0.717, 1.165) is 0 Å². The fraction of sp³-hybridized carbons (Fsp3) is 0.375. The first-order valence-corrected chi connectivity index (χ1v) is 19.7.